The van der Waals surface area contributed by atoms with Crippen LogP contribution >= 0.6 is 0 Å². The number of carbonyl (C=O) groups excluding carboxylic acids is 1. The van der Waals surface area contributed by atoms with Crippen molar-refractivity contribution in [3.05, 3.63) is 11.8 Å². The Morgan fingerprint density at radius 2 is 1.95 bits per heavy atom. The van der Waals surface area contributed by atoms with Crippen LogP contribution in [-0.2, 0) is 10.3 Å². The summed E-state index contributed by atoms with van der Waals surface area (Å²) >= 11 is 0. The molecule has 1 aromatic heterocycles. The molecule has 1 aliphatic carbocycles. The molecule has 4 rings (SSSR count). The van der Waals surface area contributed by atoms with Gasteiger partial charge in [-0.25, -0.2) is 0 Å². The zero-order chi connectivity index (χ0) is 13.6. The Labute approximate surface area is 118 Å². The minimum Gasteiger partial charge on any atom is -0.422 e. The summed E-state index contributed by atoms with van der Waals surface area (Å²) in [4.78, 5) is 14.3. The van der Waals surface area contributed by atoms with Gasteiger partial charge in [0.05, 0.1) is 0 Å². The van der Waals surface area contributed by atoms with E-state index in [1.807, 2.05) is 4.90 Å². The van der Waals surface area contributed by atoms with Gasteiger partial charge in [0.1, 0.15) is 5.54 Å². The molecule has 0 spiro atoms. The Bertz CT molecular complexity index is 523. The van der Waals surface area contributed by atoms with Gasteiger partial charge in [-0.1, -0.05) is 12.8 Å². The Morgan fingerprint density at radius 1 is 1.10 bits per heavy atom. The van der Waals surface area contributed by atoms with Crippen LogP contribution in [0.1, 0.15) is 75.5 Å². The fourth-order valence-electron chi connectivity index (χ4n) is 3.90. The number of hydrogen-bond acceptors (Lipinski definition) is 4. The third-order valence-electron chi connectivity index (χ3n) is 5.31. The van der Waals surface area contributed by atoms with Crippen molar-refractivity contribution >= 4 is 5.91 Å². The molecule has 1 amide bonds. The third-order valence-corrected chi connectivity index (χ3v) is 5.31. The maximum Gasteiger partial charge on any atom is 0.242 e. The molecule has 0 N–H and O–H groups in total. The Hall–Kier alpha value is -1.39. The number of hydrogen-bond donors (Lipinski definition) is 0. The highest BCUT2D eigenvalue weighted by molar-refractivity contribution is 5.77. The number of carbonyl (C=O) groups is 1. The van der Waals surface area contributed by atoms with Gasteiger partial charge < -0.3 is 9.32 Å². The highest BCUT2D eigenvalue weighted by Gasteiger charge is 2.49. The minimum absolute atomic E-state index is 0.267. The summed E-state index contributed by atoms with van der Waals surface area (Å²) < 4.78 is 6.02. The number of rotatable bonds is 2. The molecule has 2 aliphatic heterocycles. The first-order valence-corrected chi connectivity index (χ1v) is 7.94. The van der Waals surface area contributed by atoms with E-state index in [9.17, 15) is 4.79 Å². The third kappa shape index (κ3) is 1.71. The van der Waals surface area contributed by atoms with Gasteiger partial charge in [0.2, 0.25) is 17.7 Å². The molecule has 3 heterocycles. The van der Waals surface area contributed by atoms with Gasteiger partial charge in [-0.3, -0.25) is 4.79 Å². The molecule has 1 aromatic rings. The summed E-state index contributed by atoms with van der Waals surface area (Å²) in [5.41, 5.74) is -0.289. The topological polar surface area (TPSA) is 59.2 Å². The van der Waals surface area contributed by atoms with Crippen LogP contribution in [0.4, 0.5) is 0 Å². The Kier molecular flexibility index (Phi) is 2.82. The van der Waals surface area contributed by atoms with Crippen molar-refractivity contribution in [2.24, 2.45) is 0 Å². The quantitative estimate of drug-likeness (QED) is 0.832. The lowest BCUT2D eigenvalue weighted by Gasteiger charge is -2.34. The van der Waals surface area contributed by atoms with Crippen LogP contribution < -0.4 is 0 Å². The van der Waals surface area contributed by atoms with Gasteiger partial charge in [0.25, 0.3) is 0 Å². The van der Waals surface area contributed by atoms with Gasteiger partial charge in [-0.2, -0.15) is 0 Å². The molecule has 5 heteroatoms. The average molecular weight is 275 g/mol. The largest absolute Gasteiger partial charge is 0.422 e. The van der Waals surface area contributed by atoms with E-state index >= 15 is 0 Å². The number of aromatic nitrogens is 2. The van der Waals surface area contributed by atoms with Crippen LogP contribution in [0.3, 0.4) is 0 Å². The minimum atomic E-state index is -0.289. The molecule has 20 heavy (non-hydrogen) atoms. The second kappa shape index (κ2) is 4.57. The normalized spacial score (nSPS) is 31.0. The molecule has 1 saturated carbocycles. The highest BCUT2D eigenvalue weighted by Crippen LogP contribution is 2.45. The van der Waals surface area contributed by atoms with E-state index in [2.05, 4.69) is 10.2 Å². The predicted molar refractivity (Wildman–Crippen MR) is 72.0 cm³/mol. The van der Waals surface area contributed by atoms with Crippen LogP contribution in [0, 0.1) is 0 Å². The smallest absolute Gasteiger partial charge is 0.242 e. The van der Waals surface area contributed by atoms with Crippen molar-refractivity contribution in [1.82, 2.24) is 15.1 Å². The van der Waals surface area contributed by atoms with Crippen molar-refractivity contribution in [3.8, 4) is 0 Å². The van der Waals surface area contributed by atoms with E-state index < -0.39 is 0 Å². The average Bonchev–Trinajstić information content (AvgIpc) is 2.97. The standard InChI is InChI=1S/C15H21N3O2/c19-12-7-1-2-8-15(9-4-10-18(12)15)14-17-16-13(20-14)11-5-3-6-11/h11H,1-10H2. The van der Waals surface area contributed by atoms with E-state index in [1.165, 1.54) is 6.42 Å². The molecule has 1 atom stereocenters. The molecular formula is C15H21N3O2. The lowest BCUT2D eigenvalue weighted by atomic mass is 9.85. The van der Waals surface area contributed by atoms with E-state index in [-0.39, 0.29) is 11.4 Å². The van der Waals surface area contributed by atoms with Crippen molar-refractivity contribution in [2.75, 3.05) is 6.54 Å². The highest BCUT2D eigenvalue weighted by atomic mass is 16.4. The van der Waals surface area contributed by atoms with E-state index in [0.29, 0.717) is 18.2 Å². The SMILES string of the molecule is O=C1CCCCC2(c3nnc(C4CCC4)o3)CCCN12. The molecule has 1 unspecified atom stereocenters. The molecule has 108 valence electrons. The zero-order valence-electron chi connectivity index (χ0n) is 11.8. The summed E-state index contributed by atoms with van der Waals surface area (Å²) in [5.74, 6) is 2.23. The zero-order valence-corrected chi connectivity index (χ0v) is 11.8. The first-order valence-electron chi connectivity index (χ1n) is 7.94. The van der Waals surface area contributed by atoms with E-state index in [1.54, 1.807) is 0 Å². The lowest BCUT2D eigenvalue weighted by Crippen LogP contribution is -2.44. The number of nitrogens with zero attached hydrogens (tertiary/aromatic N) is 3. The van der Waals surface area contributed by atoms with Crippen LogP contribution in [0.2, 0.25) is 0 Å². The fraction of sp³-hybridized carbons (Fsp3) is 0.800. The van der Waals surface area contributed by atoms with Gasteiger partial charge in [-0.05, 0) is 38.5 Å². The fourth-order valence-corrected chi connectivity index (χ4v) is 3.90. The second-order valence-corrected chi connectivity index (χ2v) is 6.46. The number of amides is 1. The monoisotopic (exact) mass is 275 g/mol. The van der Waals surface area contributed by atoms with Gasteiger partial charge in [0.15, 0.2) is 0 Å². The number of fused-ring (bicyclic) bond motifs is 1. The Balaban J connectivity index is 1.69. The summed E-state index contributed by atoms with van der Waals surface area (Å²) in [6.07, 6.45) is 9.32. The summed E-state index contributed by atoms with van der Waals surface area (Å²) in [5, 5.41) is 8.61. The van der Waals surface area contributed by atoms with Gasteiger partial charge >= 0.3 is 0 Å². The Morgan fingerprint density at radius 3 is 2.75 bits per heavy atom. The molecule has 5 nitrogen and oxygen atoms in total. The first-order chi connectivity index (χ1) is 9.79. The van der Waals surface area contributed by atoms with Crippen LogP contribution in [-0.4, -0.2) is 27.5 Å². The van der Waals surface area contributed by atoms with Crippen LogP contribution in [0.5, 0.6) is 0 Å². The van der Waals surface area contributed by atoms with Crippen LogP contribution in [0.25, 0.3) is 0 Å². The first kappa shape index (κ1) is 12.4. The molecule has 0 bridgehead atoms. The maximum absolute atomic E-state index is 12.3. The van der Waals surface area contributed by atoms with E-state index in [0.717, 1.165) is 57.4 Å². The predicted octanol–water partition coefficient (Wildman–Crippen LogP) is 2.73. The molecule has 0 aromatic carbocycles. The second-order valence-electron chi connectivity index (χ2n) is 6.46. The molecular weight excluding hydrogens is 254 g/mol. The van der Waals surface area contributed by atoms with Crippen molar-refractivity contribution in [3.63, 3.8) is 0 Å². The molecule has 2 saturated heterocycles. The lowest BCUT2D eigenvalue weighted by molar-refractivity contribution is -0.135. The van der Waals surface area contributed by atoms with Crippen molar-refractivity contribution < 1.29 is 9.21 Å². The van der Waals surface area contributed by atoms with Crippen LogP contribution in [0.15, 0.2) is 4.42 Å². The molecule has 3 aliphatic rings. The van der Waals surface area contributed by atoms with E-state index in [4.69, 9.17) is 4.42 Å². The maximum atomic E-state index is 12.3. The van der Waals surface area contributed by atoms with Crippen molar-refractivity contribution in [1.29, 1.82) is 0 Å². The van der Waals surface area contributed by atoms with Gasteiger partial charge in [-0.15, -0.1) is 10.2 Å². The van der Waals surface area contributed by atoms with Crippen molar-refractivity contribution in [2.45, 2.75) is 69.2 Å². The molecule has 3 fully saturated rings. The summed E-state index contributed by atoms with van der Waals surface area (Å²) in [6, 6.07) is 0. The summed E-state index contributed by atoms with van der Waals surface area (Å²) in [7, 11) is 0. The molecule has 0 radical (unpaired) electrons. The summed E-state index contributed by atoms with van der Waals surface area (Å²) in [6.45, 7) is 0.847. The van der Waals surface area contributed by atoms with Gasteiger partial charge in [0, 0.05) is 18.9 Å².